The van der Waals surface area contributed by atoms with Crippen molar-refractivity contribution < 1.29 is 128 Å². The molecule has 0 aliphatic carbocycles. The minimum absolute atomic E-state index is 0. The van der Waals surface area contributed by atoms with Crippen molar-refractivity contribution in [3.05, 3.63) is 447 Å². The molecule has 0 radical (unpaired) electrons. The van der Waals surface area contributed by atoms with Crippen LogP contribution in [-0.2, 0) is 0 Å². The Balaban J connectivity index is 0.000000231. The van der Waals surface area contributed by atoms with Crippen molar-refractivity contribution in [2.24, 2.45) is 0 Å². The van der Waals surface area contributed by atoms with Crippen LogP contribution in [0.5, 0.6) is 0 Å². The number of hydrogen-bond donors (Lipinski definition) is 0. The first-order chi connectivity index (χ1) is 65.1. The van der Waals surface area contributed by atoms with Gasteiger partial charge in [-0.3, -0.25) is 0 Å². The molecule has 702 valence electrons. The fourth-order valence-electron chi connectivity index (χ4n) is 18.2. The Morgan fingerprint density at radius 3 is 0.752 bits per heavy atom. The Kier molecular flexibility index (Phi) is 43.8. The molecule has 3 heterocycles. The predicted octanol–water partition coefficient (Wildman–Crippen LogP) is 41.7. The monoisotopic (exact) mass is 2240 g/mol. The van der Waals surface area contributed by atoms with Gasteiger partial charge >= 0.3 is 0 Å². The van der Waals surface area contributed by atoms with Crippen LogP contribution in [0.25, 0.3) is 230 Å². The van der Waals surface area contributed by atoms with Crippen LogP contribution in [-0.4, -0.2) is 0 Å². The van der Waals surface area contributed by atoms with Gasteiger partial charge in [-0.2, -0.15) is 0 Å². The summed E-state index contributed by atoms with van der Waals surface area (Å²) in [6.07, 6.45) is 0. The molecule has 0 N–H and O–H groups in total. The van der Waals surface area contributed by atoms with Crippen molar-refractivity contribution in [2.45, 2.75) is 111 Å². The van der Waals surface area contributed by atoms with Gasteiger partial charge in [-0.1, -0.05) is 481 Å². The molecule has 21 aromatic carbocycles. The fraction of sp³-hybridized carbons (Fsp3) is 0.122. The van der Waals surface area contributed by atoms with Crippen LogP contribution >= 0.6 is 0 Å². The van der Waals surface area contributed by atoms with Gasteiger partial charge in [-0.15, -0.1) is 0 Å². The van der Waals surface area contributed by atoms with Crippen LogP contribution < -0.4 is 0 Å². The Morgan fingerprint density at radius 2 is 0.358 bits per heavy atom. The van der Waals surface area contributed by atoms with E-state index >= 15 is 0 Å². The Hall–Kier alpha value is -11.3. The zero-order chi connectivity index (χ0) is 91.9. The molecule has 6 heteroatoms. The molecule has 0 saturated heterocycles. The van der Waals surface area contributed by atoms with Crippen LogP contribution in [0, 0.1) is 137 Å². The smallest absolute Gasteiger partial charge is 0.143 e. The van der Waals surface area contributed by atoms with Crippen molar-refractivity contribution >= 4 is 141 Å². The molecule has 137 heavy (non-hydrogen) atoms. The molecule has 24 aromatic rings. The summed E-state index contributed by atoms with van der Waals surface area (Å²) in [7, 11) is 0. The average molecular weight is 2240 g/mol. The largest absolute Gasteiger partial charge is 0.456 e. The van der Waals surface area contributed by atoms with Crippen molar-refractivity contribution in [1.82, 2.24) is 0 Å². The maximum absolute atomic E-state index is 6.55. The van der Waals surface area contributed by atoms with Crippen LogP contribution in [0.1, 0.15) is 111 Å². The number of furan rings is 3. The van der Waals surface area contributed by atoms with E-state index in [1.54, 1.807) is 0 Å². The number of benzene rings is 21. The predicted molar refractivity (Wildman–Crippen MR) is 597 cm³/mol. The summed E-state index contributed by atoms with van der Waals surface area (Å²) >= 11 is 0. The second kappa shape index (κ2) is 54.1. The Morgan fingerprint density at radius 1 is 0.131 bits per heavy atom. The first kappa shape index (κ1) is 111. The van der Waals surface area contributed by atoms with E-state index in [4.69, 9.17) is 13.3 Å². The topological polar surface area (TPSA) is 39.4 Å². The SMILES string of the molecule is CC.CC.CC.CC.CC.CC.CC.CC.[CH3-].[CH3-].[CH3-].[Dy].[Dy].[Dy].c1cc(-c2ccc3ccccc3c2)cc(-c2c3ccccc3c(-c3cccc4c3oc3ccccc34)c3ccccc23)c1.c1ccc(-c2c3ccccc3c(-c3ccc(-c4ccc5oc6ccccc6c5c4)cc3)c3ccccc23)cc1.c1ccc(-c2c3ccccc3c(-c3ccc4oc5ccccc5c4c3)c3ccccc23)cc1. The summed E-state index contributed by atoms with van der Waals surface area (Å²) in [6, 6.07) is 152. The number of rotatable bonds is 8. The summed E-state index contributed by atoms with van der Waals surface area (Å²) in [5.74, 6) is 0. The first-order valence-corrected chi connectivity index (χ1v) is 47.4. The van der Waals surface area contributed by atoms with Gasteiger partial charge in [0.05, 0.1) is 0 Å². The minimum Gasteiger partial charge on any atom is -0.456 e. The van der Waals surface area contributed by atoms with Gasteiger partial charge in [-0.25, -0.2) is 0 Å². The fourth-order valence-corrected chi connectivity index (χ4v) is 18.2. The molecule has 0 unspecified atom stereocenters. The van der Waals surface area contributed by atoms with Gasteiger partial charge in [0.25, 0.3) is 0 Å². The molecular weight excluding hydrogens is 2110 g/mol. The van der Waals surface area contributed by atoms with Gasteiger partial charge < -0.3 is 35.5 Å². The second-order valence-electron chi connectivity index (χ2n) is 29.9. The van der Waals surface area contributed by atoms with Crippen LogP contribution in [0.15, 0.2) is 438 Å². The molecule has 0 amide bonds. The van der Waals surface area contributed by atoms with E-state index in [2.05, 4.69) is 394 Å². The van der Waals surface area contributed by atoms with Gasteiger partial charge in [0.2, 0.25) is 0 Å². The van der Waals surface area contributed by atoms with Crippen LogP contribution in [0.2, 0.25) is 0 Å². The molecule has 3 nitrogen and oxygen atoms in total. The third-order valence-electron chi connectivity index (χ3n) is 23.4. The van der Waals surface area contributed by atoms with Gasteiger partial charge in [0.1, 0.15) is 33.5 Å². The summed E-state index contributed by atoms with van der Waals surface area (Å²) in [4.78, 5) is 0. The Bertz CT molecular complexity index is 7810. The Labute approximate surface area is 905 Å². The molecule has 0 aliphatic rings. The normalized spacial score (nSPS) is 10.1. The molecular formula is C131H127Dy3O3-3. The molecule has 0 saturated carbocycles. The second-order valence-corrected chi connectivity index (χ2v) is 29.9. The zero-order valence-electron chi connectivity index (χ0n) is 82.6. The van der Waals surface area contributed by atoms with E-state index in [1.165, 1.54) is 159 Å². The molecule has 0 aliphatic heterocycles. The molecule has 3 aromatic heterocycles. The standard InChI is InChI=1S/C42H26O.C38H24O.C32H20O.8C2H6.3CH3.3Dy/c1-2-12-28-25-30(24-23-27(28)11-1)29-13-9-14-31(26-29)40-33-16-3-5-18-35(33)41(36-19-6-4-17-34(36)40)38-21-10-20-37-32-15-7-8-22-39(32)43-42(37)38;1-2-10-26(11-3-1)37-30-13-4-6-15-32(30)38(33-16-7-5-14-31(33)37)27-20-18-25(19-21-27)28-22-23-36-34(24-28)29-12-8-9-17-35(29)39-36;1-2-10-21(11-3-1)31-24-13-4-6-15-26(24)32(27-16-7-5-14-25(27)31)22-18-19-30-28(20-22)23-12-8-9-17-29(23)33-30;8*1-2;;;;;;/h1-26H;1-24H;1-20H;8*1-2H3;3*1H3;;;/q;;;;;;;;;;;3*-1;;;. The van der Waals surface area contributed by atoms with E-state index in [1.807, 2.05) is 141 Å². The number of hydrogen-bond acceptors (Lipinski definition) is 3. The van der Waals surface area contributed by atoms with Gasteiger partial charge in [-0.05, 0) is 208 Å². The van der Waals surface area contributed by atoms with E-state index in [0.29, 0.717) is 0 Å². The van der Waals surface area contributed by atoms with Crippen LogP contribution in [0.4, 0.5) is 0 Å². The van der Waals surface area contributed by atoms with Crippen molar-refractivity contribution in [3.8, 4) is 89.0 Å². The van der Waals surface area contributed by atoms with Crippen molar-refractivity contribution in [2.75, 3.05) is 0 Å². The maximum atomic E-state index is 6.55. The van der Waals surface area contributed by atoms with E-state index in [0.717, 1.165) is 71.4 Å². The number of para-hydroxylation sites is 4. The van der Waals surface area contributed by atoms with Gasteiger partial charge in [0.15, 0.2) is 0 Å². The van der Waals surface area contributed by atoms with Crippen molar-refractivity contribution in [1.29, 1.82) is 0 Å². The molecule has 24 rings (SSSR count). The minimum atomic E-state index is 0. The first-order valence-electron chi connectivity index (χ1n) is 47.4. The summed E-state index contributed by atoms with van der Waals surface area (Å²) in [5, 5.41) is 24.5. The third kappa shape index (κ3) is 22.7. The average Bonchev–Trinajstić information content (AvgIpc) is 1.70. The van der Waals surface area contributed by atoms with Crippen molar-refractivity contribution in [3.63, 3.8) is 0 Å². The number of fused-ring (bicyclic) bond motifs is 16. The zero-order valence-corrected chi connectivity index (χ0v) is 88.7. The summed E-state index contributed by atoms with van der Waals surface area (Å²) < 4.78 is 18.7. The quantitative estimate of drug-likeness (QED) is 0.112. The molecule has 0 atom stereocenters. The van der Waals surface area contributed by atoms with E-state index in [-0.39, 0.29) is 137 Å². The molecule has 0 bridgehead atoms. The summed E-state index contributed by atoms with van der Waals surface area (Å²) in [6.45, 7) is 32.0. The van der Waals surface area contributed by atoms with E-state index < -0.39 is 0 Å². The molecule has 0 fully saturated rings. The summed E-state index contributed by atoms with van der Waals surface area (Å²) in [5.41, 5.74) is 25.3. The van der Waals surface area contributed by atoms with E-state index in [9.17, 15) is 0 Å². The van der Waals surface area contributed by atoms with Crippen LogP contribution in [0.3, 0.4) is 0 Å². The molecule has 0 spiro atoms. The van der Waals surface area contributed by atoms with Gasteiger partial charge in [0, 0.05) is 158 Å². The maximum Gasteiger partial charge on any atom is 0.143 e. The third-order valence-corrected chi connectivity index (χ3v) is 23.4.